The van der Waals surface area contributed by atoms with Crippen molar-refractivity contribution in [3.63, 3.8) is 0 Å². The predicted molar refractivity (Wildman–Crippen MR) is 96.4 cm³/mol. The Morgan fingerprint density at radius 2 is 1.85 bits per heavy atom. The molecule has 2 aromatic heterocycles. The van der Waals surface area contributed by atoms with E-state index in [1.165, 1.54) is 49.5 Å². The lowest BCUT2D eigenvalue weighted by molar-refractivity contribution is 0.0520. The molecule has 0 atom stereocenters. The molecule has 0 amide bonds. The van der Waals surface area contributed by atoms with Gasteiger partial charge in [0.15, 0.2) is 11.5 Å². The number of carbonyl (C=O) groups is 1. The number of pyridine rings is 1. The molecule has 2 heterocycles. The van der Waals surface area contributed by atoms with Crippen LogP contribution in [-0.4, -0.2) is 26.0 Å². The van der Waals surface area contributed by atoms with Crippen molar-refractivity contribution in [3.05, 3.63) is 78.3 Å². The highest BCUT2D eigenvalue weighted by atomic mass is 19.3. The van der Waals surface area contributed by atoms with Gasteiger partial charge >= 0.3 is 5.97 Å². The minimum Gasteiger partial charge on any atom is -0.477 e. The number of carboxylic acids is 1. The highest BCUT2D eigenvalue weighted by molar-refractivity contribution is 5.87. The van der Waals surface area contributed by atoms with Crippen LogP contribution < -0.4 is 0 Å². The maximum Gasteiger partial charge on any atom is 0.354 e. The molecule has 0 bridgehead atoms. The van der Waals surface area contributed by atoms with E-state index in [2.05, 4.69) is 15.0 Å². The third-order valence-corrected chi connectivity index (χ3v) is 3.81. The van der Waals surface area contributed by atoms with Crippen LogP contribution in [-0.2, 0) is 5.92 Å². The predicted octanol–water partition coefficient (Wildman–Crippen LogP) is 4.57. The van der Waals surface area contributed by atoms with Crippen LogP contribution in [0.15, 0.2) is 67.0 Å². The number of hydrogen-bond donors (Lipinski definition) is 1. The first-order valence-corrected chi connectivity index (χ1v) is 8.06. The van der Waals surface area contributed by atoms with Gasteiger partial charge in [-0.15, -0.1) is 0 Å². The molecule has 0 fully saturated rings. The highest BCUT2D eigenvalue weighted by Gasteiger charge is 2.27. The van der Waals surface area contributed by atoms with Gasteiger partial charge in [0.2, 0.25) is 0 Å². The minimum atomic E-state index is -3.08. The summed E-state index contributed by atoms with van der Waals surface area (Å²) in [4.78, 5) is 23.8. The summed E-state index contributed by atoms with van der Waals surface area (Å²) in [5.74, 6) is -4.09. The molecule has 27 heavy (non-hydrogen) atoms. The summed E-state index contributed by atoms with van der Waals surface area (Å²) in [5, 5.41) is 9.32. The van der Waals surface area contributed by atoms with Gasteiger partial charge in [0, 0.05) is 29.1 Å². The largest absolute Gasteiger partial charge is 0.477 e. The smallest absolute Gasteiger partial charge is 0.354 e. The van der Waals surface area contributed by atoms with Crippen molar-refractivity contribution in [1.82, 2.24) is 15.0 Å². The number of nitrogens with zero attached hydrogens (tertiary/aromatic N) is 3. The summed E-state index contributed by atoms with van der Waals surface area (Å²) < 4.78 is 27.9. The van der Waals surface area contributed by atoms with Gasteiger partial charge in [-0.1, -0.05) is 30.3 Å². The quantitative estimate of drug-likeness (QED) is 0.669. The summed E-state index contributed by atoms with van der Waals surface area (Å²) in [6.07, 6.45) is 5.20. The van der Waals surface area contributed by atoms with Gasteiger partial charge in [-0.05, 0) is 31.2 Å². The molecule has 0 spiro atoms. The molecule has 5 nitrogen and oxygen atoms in total. The lowest BCUT2D eigenvalue weighted by atomic mass is 10.0. The first-order chi connectivity index (χ1) is 12.9. The number of carboxylic acid groups (broad SMARTS) is 1. The summed E-state index contributed by atoms with van der Waals surface area (Å²) >= 11 is 0. The van der Waals surface area contributed by atoms with E-state index in [9.17, 15) is 18.7 Å². The lowest BCUT2D eigenvalue weighted by Crippen LogP contribution is -2.09. The van der Waals surface area contributed by atoms with Crippen LogP contribution in [0.4, 0.5) is 8.78 Å². The zero-order valence-electron chi connectivity index (χ0n) is 14.3. The monoisotopic (exact) mass is 367 g/mol. The van der Waals surface area contributed by atoms with Gasteiger partial charge in [0.1, 0.15) is 0 Å². The molecule has 136 valence electrons. The maximum atomic E-state index is 13.9. The SMILES string of the molecule is C/C=C/C(F)(F)c1ccc(-c2cc(C(=O)O)nc(-c3cccnc3)n2)cc1. The number of hydrogen-bond acceptors (Lipinski definition) is 4. The van der Waals surface area contributed by atoms with Crippen molar-refractivity contribution in [2.45, 2.75) is 12.8 Å². The molecule has 7 heteroatoms. The molecule has 1 aromatic carbocycles. The molecule has 0 aliphatic heterocycles. The van der Waals surface area contributed by atoms with E-state index in [4.69, 9.17) is 0 Å². The van der Waals surface area contributed by atoms with Gasteiger partial charge in [0.05, 0.1) is 5.69 Å². The Hall–Kier alpha value is -3.48. The minimum absolute atomic E-state index is 0.163. The van der Waals surface area contributed by atoms with E-state index in [1.807, 2.05) is 0 Å². The summed E-state index contributed by atoms with van der Waals surface area (Å²) in [6.45, 7) is 1.52. The fourth-order valence-electron chi connectivity index (χ4n) is 2.50. The Bertz CT molecular complexity index is 988. The number of aromatic carboxylic acids is 1. The Morgan fingerprint density at radius 1 is 1.11 bits per heavy atom. The number of alkyl halides is 2. The second-order valence-electron chi connectivity index (χ2n) is 5.71. The van der Waals surface area contributed by atoms with E-state index in [0.717, 1.165) is 6.08 Å². The number of aromatic nitrogens is 3. The van der Waals surface area contributed by atoms with E-state index in [-0.39, 0.29) is 17.1 Å². The van der Waals surface area contributed by atoms with Crippen molar-refractivity contribution in [2.24, 2.45) is 0 Å². The summed E-state index contributed by atoms with van der Waals surface area (Å²) in [7, 11) is 0. The zero-order valence-corrected chi connectivity index (χ0v) is 14.3. The van der Waals surface area contributed by atoms with Crippen LogP contribution in [0, 0.1) is 0 Å². The van der Waals surface area contributed by atoms with Crippen LogP contribution in [0.2, 0.25) is 0 Å². The molecule has 0 radical (unpaired) electrons. The second kappa shape index (κ2) is 7.41. The summed E-state index contributed by atoms with van der Waals surface area (Å²) in [6, 6.07) is 10.2. The number of rotatable bonds is 5. The Kier molecular flexibility index (Phi) is 5.03. The van der Waals surface area contributed by atoms with Gasteiger partial charge < -0.3 is 5.11 Å². The van der Waals surface area contributed by atoms with E-state index < -0.39 is 11.9 Å². The average molecular weight is 367 g/mol. The zero-order chi connectivity index (χ0) is 19.4. The van der Waals surface area contributed by atoms with E-state index >= 15 is 0 Å². The summed E-state index contributed by atoms with van der Waals surface area (Å²) in [5.41, 5.74) is 1.02. The van der Waals surface area contributed by atoms with Crippen molar-refractivity contribution >= 4 is 5.97 Å². The third-order valence-electron chi connectivity index (χ3n) is 3.81. The van der Waals surface area contributed by atoms with Crippen LogP contribution >= 0.6 is 0 Å². The van der Waals surface area contributed by atoms with Gasteiger partial charge in [-0.2, -0.15) is 8.78 Å². The average Bonchev–Trinajstić information content (AvgIpc) is 2.68. The molecular weight excluding hydrogens is 352 g/mol. The maximum absolute atomic E-state index is 13.9. The number of allylic oxidation sites excluding steroid dienone is 2. The van der Waals surface area contributed by atoms with Gasteiger partial charge in [-0.25, -0.2) is 14.8 Å². The molecule has 3 rings (SSSR count). The van der Waals surface area contributed by atoms with Crippen molar-refractivity contribution in [1.29, 1.82) is 0 Å². The fourth-order valence-corrected chi connectivity index (χ4v) is 2.50. The Balaban J connectivity index is 2.06. The van der Waals surface area contributed by atoms with E-state index in [0.29, 0.717) is 16.8 Å². The van der Waals surface area contributed by atoms with Crippen LogP contribution in [0.3, 0.4) is 0 Å². The van der Waals surface area contributed by atoms with Gasteiger partial charge in [0.25, 0.3) is 5.92 Å². The van der Waals surface area contributed by atoms with Crippen molar-refractivity contribution < 1.29 is 18.7 Å². The van der Waals surface area contributed by atoms with E-state index in [1.54, 1.807) is 18.3 Å². The molecule has 3 aromatic rings. The molecule has 1 N–H and O–H groups in total. The third kappa shape index (κ3) is 4.03. The molecule has 0 saturated carbocycles. The van der Waals surface area contributed by atoms with Crippen LogP contribution in [0.1, 0.15) is 23.0 Å². The fraction of sp³-hybridized carbons (Fsp3) is 0.100. The van der Waals surface area contributed by atoms with Crippen LogP contribution in [0.25, 0.3) is 22.6 Å². The normalized spacial score (nSPS) is 11.7. The standard InChI is InChI=1S/C20H15F2N3O2/c1-2-9-20(21,22)15-7-5-13(6-8-15)16-11-17(19(26)27)25-18(24-16)14-4-3-10-23-12-14/h2-12H,1H3,(H,26,27)/b9-2+. The molecule has 0 unspecified atom stereocenters. The molecule has 0 aliphatic carbocycles. The number of halogens is 2. The van der Waals surface area contributed by atoms with Crippen molar-refractivity contribution in [3.8, 4) is 22.6 Å². The first-order valence-electron chi connectivity index (χ1n) is 8.06. The first kappa shape index (κ1) is 18.3. The molecule has 0 saturated heterocycles. The second-order valence-corrected chi connectivity index (χ2v) is 5.71. The Labute approximate surface area is 154 Å². The van der Waals surface area contributed by atoms with Gasteiger partial charge in [-0.3, -0.25) is 4.98 Å². The molecular formula is C20H15F2N3O2. The lowest BCUT2D eigenvalue weighted by Gasteiger charge is -2.13. The number of benzene rings is 1. The highest BCUT2D eigenvalue weighted by Crippen LogP contribution is 2.31. The topological polar surface area (TPSA) is 76.0 Å². The van der Waals surface area contributed by atoms with Crippen molar-refractivity contribution in [2.75, 3.05) is 0 Å². The van der Waals surface area contributed by atoms with Crippen LogP contribution in [0.5, 0.6) is 0 Å². The Morgan fingerprint density at radius 3 is 2.44 bits per heavy atom. The molecule has 0 aliphatic rings.